The number of anilines is 1. The molecule has 0 saturated carbocycles. The zero-order valence-corrected chi connectivity index (χ0v) is 10.1. The zero-order chi connectivity index (χ0) is 13.7. The number of ether oxygens (including phenoxy) is 2. The van der Waals surface area contributed by atoms with Gasteiger partial charge in [-0.3, -0.25) is 4.79 Å². The number of carbonyl (C=O) groups excluding carboxylic acids is 1. The van der Waals surface area contributed by atoms with E-state index < -0.39 is 12.7 Å². The van der Waals surface area contributed by atoms with Crippen LogP contribution in [-0.4, -0.2) is 38.3 Å². The second-order valence-electron chi connectivity index (χ2n) is 3.98. The minimum atomic E-state index is -2.89. The second kappa shape index (κ2) is 6.44. The van der Waals surface area contributed by atoms with Crippen molar-refractivity contribution in [1.29, 1.82) is 0 Å². The van der Waals surface area contributed by atoms with Crippen molar-refractivity contribution in [2.45, 2.75) is 12.7 Å². The summed E-state index contributed by atoms with van der Waals surface area (Å²) in [5.41, 5.74) is 0.399. The largest absolute Gasteiger partial charge is 0.435 e. The van der Waals surface area contributed by atoms with E-state index in [0.717, 1.165) is 0 Å². The number of alkyl halides is 2. The maximum Gasteiger partial charge on any atom is 0.387 e. The van der Waals surface area contributed by atoms with E-state index in [-0.39, 0.29) is 11.7 Å². The monoisotopic (exact) mass is 272 g/mol. The van der Waals surface area contributed by atoms with Crippen LogP contribution in [-0.2, 0) is 9.53 Å². The average Bonchev–Trinajstić information content (AvgIpc) is 2.39. The van der Waals surface area contributed by atoms with Crippen molar-refractivity contribution >= 4 is 11.6 Å². The molecule has 1 saturated heterocycles. The summed E-state index contributed by atoms with van der Waals surface area (Å²) in [5.74, 6) is -0.269. The predicted octanol–water partition coefficient (Wildman–Crippen LogP) is 1.21. The van der Waals surface area contributed by atoms with Gasteiger partial charge in [0, 0.05) is 18.3 Å². The van der Waals surface area contributed by atoms with Gasteiger partial charge in [0.15, 0.2) is 0 Å². The lowest BCUT2D eigenvalue weighted by molar-refractivity contribution is -0.120. The van der Waals surface area contributed by atoms with Crippen molar-refractivity contribution in [2.24, 2.45) is 0 Å². The van der Waals surface area contributed by atoms with Crippen molar-refractivity contribution in [2.75, 3.05) is 25.1 Å². The first kappa shape index (κ1) is 13.7. The van der Waals surface area contributed by atoms with Crippen molar-refractivity contribution in [3.05, 3.63) is 24.3 Å². The molecule has 2 rings (SSSR count). The molecule has 7 heteroatoms. The number of nitrogens with one attached hydrogen (secondary N) is 2. The van der Waals surface area contributed by atoms with Gasteiger partial charge >= 0.3 is 6.61 Å². The molecular formula is C12H14F2N2O3. The number of amides is 1. The third kappa shape index (κ3) is 4.15. The Morgan fingerprint density at radius 3 is 3.05 bits per heavy atom. The predicted molar refractivity (Wildman–Crippen MR) is 64.3 cm³/mol. The molecule has 0 aromatic heterocycles. The van der Waals surface area contributed by atoms with Gasteiger partial charge in [-0.15, -0.1) is 0 Å². The lowest BCUT2D eigenvalue weighted by Gasteiger charge is -2.22. The molecule has 0 radical (unpaired) electrons. The number of hydrogen-bond donors (Lipinski definition) is 2. The molecule has 0 bridgehead atoms. The molecule has 1 atom stereocenters. The molecule has 1 amide bonds. The number of carbonyl (C=O) groups is 1. The van der Waals surface area contributed by atoms with Crippen LogP contribution < -0.4 is 15.4 Å². The lowest BCUT2D eigenvalue weighted by atomic mass is 10.2. The van der Waals surface area contributed by atoms with Gasteiger partial charge in [0.2, 0.25) is 5.91 Å². The highest BCUT2D eigenvalue weighted by Crippen LogP contribution is 2.19. The second-order valence-corrected chi connectivity index (χ2v) is 3.98. The van der Waals surface area contributed by atoms with Gasteiger partial charge in [0.05, 0.1) is 13.2 Å². The van der Waals surface area contributed by atoms with Crippen LogP contribution >= 0.6 is 0 Å². The number of morpholine rings is 1. The highest BCUT2D eigenvalue weighted by Gasteiger charge is 2.21. The molecule has 0 spiro atoms. The van der Waals surface area contributed by atoms with Crippen LogP contribution in [0.1, 0.15) is 0 Å². The molecule has 1 aromatic carbocycles. The molecule has 19 heavy (non-hydrogen) atoms. The zero-order valence-electron chi connectivity index (χ0n) is 10.1. The van der Waals surface area contributed by atoms with Gasteiger partial charge in [-0.25, -0.2) is 0 Å². The van der Waals surface area contributed by atoms with Gasteiger partial charge in [0.25, 0.3) is 0 Å². The molecular weight excluding hydrogens is 258 g/mol. The van der Waals surface area contributed by atoms with E-state index in [2.05, 4.69) is 15.4 Å². The van der Waals surface area contributed by atoms with Crippen molar-refractivity contribution in [3.63, 3.8) is 0 Å². The molecule has 1 fully saturated rings. The standard InChI is InChI=1S/C12H14F2N2O3/c13-12(14)19-9-3-1-2-8(6-9)16-11(17)10-7-18-5-4-15-10/h1-3,6,10,12,15H,4-5,7H2,(H,16,17). The van der Waals surface area contributed by atoms with Crippen LogP contribution in [0.2, 0.25) is 0 Å². The maximum absolute atomic E-state index is 12.1. The van der Waals surface area contributed by atoms with Gasteiger partial charge in [-0.2, -0.15) is 8.78 Å². The van der Waals surface area contributed by atoms with Crippen molar-refractivity contribution < 1.29 is 23.0 Å². The van der Waals surface area contributed by atoms with Crippen molar-refractivity contribution in [3.8, 4) is 5.75 Å². The Morgan fingerprint density at radius 2 is 2.37 bits per heavy atom. The third-order valence-corrected chi connectivity index (χ3v) is 2.56. The van der Waals surface area contributed by atoms with Gasteiger partial charge in [-0.1, -0.05) is 6.07 Å². The maximum atomic E-state index is 12.1. The highest BCUT2D eigenvalue weighted by atomic mass is 19.3. The van der Waals surface area contributed by atoms with Crippen molar-refractivity contribution in [1.82, 2.24) is 5.32 Å². The van der Waals surface area contributed by atoms with Gasteiger partial charge in [0.1, 0.15) is 11.8 Å². The fourth-order valence-electron chi connectivity index (χ4n) is 1.71. The highest BCUT2D eigenvalue weighted by molar-refractivity contribution is 5.95. The summed E-state index contributed by atoms with van der Waals surface area (Å²) in [6.07, 6.45) is 0. The van der Waals surface area contributed by atoms with Crippen LogP contribution in [0, 0.1) is 0 Å². The fraction of sp³-hybridized carbons (Fsp3) is 0.417. The average molecular weight is 272 g/mol. The Morgan fingerprint density at radius 1 is 1.53 bits per heavy atom. The topological polar surface area (TPSA) is 59.6 Å². The first-order valence-corrected chi connectivity index (χ1v) is 5.82. The summed E-state index contributed by atoms with van der Waals surface area (Å²) < 4.78 is 33.6. The van der Waals surface area contributed by atoms with E-state index in [1.165, 1.54) is 18.2 Å². The molecule has 1 aliphatic heterocycles. The number of rotatable bonds is 4. The molecule has 1 aliphatic rings. The third-order valence-electron chi connectivity index (χ3n) is 2.56. The Hall–Kier alpha value is -1.73. The lowest BCUT2D eigenvalue weighted by Crippen LogP contribution is -2.48. The Labute approximate surface area is 108 Å². The Bertz CT molecular complexity index is 437. The summed E-state index contributed by atoms with van der Waals surface area (Å²) in [6.45, 7) is -1.42. The van der Waals surface area contributed by atoms with Gasteiger partial charge in [-0.05, 0) is 12.1 Å². The molecule has 5 nitrogen and oxygen atoms in total. The van der Waals surface area contributed by atoms with E-state index in [4.69, 9.17) is 4.74 Å². The van der Waals surface area contributed by atoms with E-state index in [1.807, 2.05) is 0 Å². The van der Waals surface area contributed by atoms with Crippen LogP contribution in [0.3, 0.4) is 0 Å². The Kier molecular flexibility index (Phi) is 4.64. The van der Waals surface area contributed by atoms with Crippen LogP contribution in [0.15, 0.2) is 24.3 Å². The van der Waals surface area contributed by atoms with Crippen LogP contribution in [0.5, 0.6) is 5.75 Å². The molecule has 104 valence electrons. The molecule has 1 aromatic rings. The summed E-state index contributed by atoms with van der Waals surface area (Å²) in [5, 5.41) is 5.62. The smallest absolute Gasteiger partial charge is 0.387 e. The van der Waals surface area contributed by atoms with Gasteiger partial charge < -0.3 is 20.1 Å². The fourth-order valence-corrected chi connectivity index (χ4v) is 1.71. The number of hydrogen-bond acceptors (Lipinski definition) is 4. The number of benzene rings is 1. The van der Waals surface area contributed by atoms with E-state index in [0.29, 0.717) is 25.4 Å². The molecule has 0 aliphatic carbocycles. The summed E-state index contributed by atoms with van der Waals surface area (Å²) in [7, 11) is 0. The first-order valence-electron chi connectivity index (χ1n) is 5.82. The molecule has 1 heterocycles. The van der Waals surface area contributed by atoms with E-state index in [1.54, 1.807) is 6.07 Å². The minimum absolute atomic E-state index is 0.000605. The number of halogens is 2. The SMILES string of the molecule is O=C(Nc1cccc(OC(F)F)c1)C1COCCN1. The summed E-state index contributed by atoms with van der Waals surface area (Å²) >= 11 is 0. The Balaban J connectivity index is 1.96. The minimum Gasteiger partial charge on any atom is -0.435 e. The normalized spacial score (nSPS) is 19.2. The van der Waals surface area contributed by atoms with E-state index >= 15 is 0 Å². The van der Waals surface area contributed by atoms with E-state index in [9.17, 15) is 13.6 Å². The quantitative estimate of drug-likeness (QED) is 0.865. The molecule has 2 N–H and O–H groups in total. The first-order chi connectivity index (χ1) is 9.15. The van der Waals surface area contributed by atoms with Crippen LogP contribution in [0.25, 0.3) is 0 Å². The van der Waals surface area contributed by atoms with Crippen LogP contribution in [0.4, 0.5) is 14.5 Å². The molecule has 1 unspecified atom stereocenters. The summed E-state index contributed by atoms with van der Waals surface area (Å²) in [6, 6.07) is 5.42. The summed E-state index contributed by atoms with van der Waals surface area (Å²) in [4.78, 5) is 11.9.